The largest absolute Gasteiger partial charge is 0.385 e. The molecule has 110 valence electrons. The highest BCUT2D eigenvalue weighted by molar-refractivity contribution is 6.04. The van der Waals surface area contributed by atoms with Crippen LogP contribution >= 0.6 is 0 Å². The van der Waals surface area contributed by atoms with Gasteiger partial charge in [-0.3, -0.25) is 4.79 Å². The van der Waals surface area contributed by atoms with E-state index >= 15 is 0 Å². The highest BCUT2D eigenvalue weighted by Gasteiger charge is 2.08. The number of nitrogens with zero attached hydrogens (tertiary/aromatic N) is 1. The van der Waals surface area contributed by atoms with Crippen LogP contribution in [0.2, 0.25) is 0 Å². The van der Waals surface area contributed by atoms with Crippen molar-refractivity contribution in [3.8, 4) is 0 Å². The minimum atomic E-state index is -0.435. The SMILES string of the molecule is CCCNc1ccc(C(=O)Nc2ccc(F)cn2)cc1C. The Morgan fingerprint density at radius 3 is 2.71 bits per heavy atom. The second kappa shape index (κ2) is 6.83. The number of rotatable bonds is 5. The summed E-state index contributed by atoms with van der Waals surface area (Å²) in [6.07, 6.45) is 2.11. The van der Waals surface area contributed by atoms with Gasteiger partial charge in [-0.25, -0.2) is 9.37 Å². The molecule has 0 atom stereocenters. The number of nitrogens with one attached hydrogen (secondary N) is 2. The van der Waals surface area contributed by atoms with Crippen LogP contribution in [0.15, 0.2) is 36.5 Å². The van der Waals surface area contributed by atoms with Gasteiger partial charge in [0.25, 0.3) is 5.91 Å². The molecule has 5 heteroatoms. The van der Waals surface area contributed by atoms with Gasteiger partial charge in [0.2, 0.25) is 0 Å². The van der Waals surface area contributed by atoms with E-state index in [0.29, 0.717) is 11.4 Å². The van der Waals surface area contributed by atoms with Gasteiger partial charge in [-0.15, -0.1) is 0 Å². The fraction of sp³-hybridized carbons (Fsp3) is 0.250. The van der Waals surface area contributed by atoms with Crippen LogP contribution in [-0.2, 0) is 0 Å². The van der Waals surface area contributed by atoms with E-state index in [2.05, 4.69) is 22.5 Å². The van der Waals surface area contributed by atoms with Gasteiger partial charge in [0, 0.05) is 17.8 Å². The molecule has 2 rings (SSSR count). The number of carbonyl (C=O) groups excluding carboxylic acids is 1. The van der Waals surface area contributed by atoms with Crippen molar-refractivity contribution in [2.24, 2.45) is 0 Å². The van der Waals surface area contributed by atoms with Crippen LogP contribution in [0.1, 0.15) is 29.3 Å². The molecule has 0 aliphatic heterocycles. The minimum Gasteiger partial charge on any atom is -0.385 e. The molecule has 0 unspecified atom stereocenters. The molecule has 2 aromatic rings. The van der Waals surface area contributed by atoms with Gasteiger partial charge in [0.1, 0.15) is 11.6 Å². The molecule has 0 bridgehead atoms. The van der Waals surface area contributed by atoms with Crippen molar-refractivity contribution in [1.29, 1.82) is 0 Å². The summed E-state index contributed by atoms with van der Waals surface area (Å²) in [7, 11) is 0. The lowest BCUT2D eigenvalue weighted by Gasteiger charge is -2.10. The molecule has 4 nitrogen and oxygen atoms in total. The Kier molecular flexibility index (Phi) is 4.87. The highest BCUT2D eigenvalue weighted by atomic mass is 19.1. The Hall–Kier alpha value is -2.43. The Morgan fingerprint density at radius 2 is 2.10 bits per heavy atom. The van der Waals surface area contributed by atoms with E-state index < -0.39 is 5.82 Å². The van der Waals surface area contributed by atoms with E-state index in [-0.39, 0.29) is 5.91 Å². The maximum absolute atomic E-state index is 12.8. The number of carbonyl (C=O) groups is 1. The molecule has 0 aliphatic carbocycles. The summed E-state index contributed by atoms with van der Waals surface area (Å²) in [4.78, 5) is 15.9. The van der Waals surface area contributed by atoms with Gasteiger partial charge in [-0.05, 0) is 49.2 Å². The third-order valence-corrected chi connectivity index (χ3v) is 3.02. The van der Waals surface area contributed by atoms with E-state index in [1.807, 2.05) is 19.1 Å². The second-order valence-electron chi connectivity index (χ2n) is 4.77. The number of halogens is 1. The highest BCUT2D eigenvalue weighted by Crippen LogP contribution is 2.17. The molecule has 2 N–H and O–H groups in total. The van der Waals surface area contributed by atoms with Crippen LogP contribution in [0.25, 0.3) is 0 Å². The predicted octanol–water partition coefficient (Wildman–Crippen LogP) is 3.60. The molecular weight excluding hydrogens is 269 g/mol. The fourth-order valence-electron chi connectivity index (χ4n) is 1.90. The van der Waals surface area contributed by atoms with Gasteiger partial charge in [0.05, 0.1) is 6.20 Å². The summed E-state index contributed by atoms with van der Waals surface area (Å²) >= 11 is 0. The van der Waals surface area contributed by atoms with Crippen LogP contribution in [-0.4, -0.2) is 17.4 Å². The maximum Gasteiger partial charge on any atom is 0.256 e. The third kappa shape index (κ3) is 4.02. The summed E-state index contributed by atoms with van der Waals surface area (Å²) in [6.45, 7) is 4.94. The number of benzene rings is 1. The molecule has 21 heavy (non-hydrogen) atoms. The lowest BCUT2D eigenvalue weighted by atomic mass is 10.1. The standard InChI is InChI=1S/C16H18FN3O/c1-3-8-18-14-6-4-12(9-11(14)2)16(21)20-15-7-5-13(17)10-19-15/h4-7,9-10,18H,3,8H2,1-2H3,(H,19,20,21). The van der Waals surface area contributed by atoms with Crippen LogP contribution in [0.5, 0.6) is 0 Å². The quantitative estimate of drug-likeness (QED) is 0.883. The summed E-state index contributed by atoms with van der Waals surface area (Å²) in [5.41, 5.74) is 2.57. The predicted molar refractivity (Wildman–Crippen MR) is 82.1 cm³/mol. The molecule has 0 spiro atoms. The molecule has 0 saturated heterocycles. The first-order valence-corrected chi connectivity index (χ1v) is 6.87. The third-order valence-electron chi connectivity index (χ3n) is 3.02. The van der Waals surface area contributed by atoms with Crippen molar-refractivity contribution in [1.82, 2.24) is 4.98 Å². The number of hydrogen-bond donors (Lipinski definition) is 2. The molecule has 1 aromatic heterocycles. The first-order valence-electron chi connectivity index (χ1n) is 6.87. The molecule has 0 aliphatic rings. The summed E-state index contributed by atoms with van der Waals surface area (Å²) in [6, 6.07) is 8.14. The van der Waals surface area contributed by atoms with Crippen LogP contribution in [0.3, 0.4) is 0 Å². The number of anilines is 2. The number of hydrogen-bond acceptors (Lipinski definition) is 3. The first kappa shape index (κ1) is 15.0. The van der Waals surface area contributed by atoms with Crippen molar-refractivity contribution in [2.45, 2.75) is 20.3 Å². The lowest BCUT2D eigenvalue weighted by molar-refractivity contribution is 0.102. The molecule has 1 amide bonds. The molecule has 0 saturated carbocycles. The Bertz CT molecular complexity index is 626. The summed E-state index contributed by atoms with van der Waals surface area (Å²) in [5.74, 6) is -0.373. The number of pyridine rings is 1. The zero-order valence-electron chi connectivity index (χ0n) is 12.1. The van der Waals surface area contributed by atoms with Crippen molar-refractivity contribution in [2.75, 3.05) is 17.2 Å². The topological polar surface area (TPSA) is 54.0 Å². The Morgan fingerprint density at radius 1 is 1.29 bits per heavy atom. The summed E-state index contributed by atoms with van der Waals surface area (Å²) < 4.78 is 12.8. The average Bonchev–Trinajstić information content (AvgIpc) is 2.48. The van der Waals surface area contributed by atoms with Crippen molar-refractivity contribution >= 4 is 17.4 Å². The van der Waals surface area contributed by atoms with E-state index in [1.165, 1.54) is 12.1 Å². The van der Waals surface area contributed by atoms with Crippen molar-refractivity contribution in [3.05, 3.63) is 53.5 Å². The van der Waals surface area contributed by atoms with E-state index in [9.17, 15) is 9.18 Å². The van der Waals surface area contributed by atoms with Gasteiger partial charge >= 0.3 is 0 Å². The van der Waals surface area contributed by atoms with Crippen molar-refractivity contribution in [3.63, 3.8) is 0 Å². The smallest absolute Gasteiger partial charge is 0.256 e. The molecule has 1 heterocycles. The Balaban J connectivity index is 2.08. The number of amides is 1. The van der Waals surface area contributed by atoms with Gasteiger partial charge in [-0.1, -0.05) is 6.92 Å². The van der Waals surface area contributed by atoms with E-state index in [0.717, 1.165) is 30.4 Å². The molecular formula is C16H18FN3O. The van der Waals surface area contributed by atoms with E-state index in [4.69, 9.17) is 0 Å². The number of aryl methyl sites for hydroxylation is 1. The average molecular weight is 287 g/mol. The normalized spacial score (nSPS) is 10.2. The van der Waals surface area contributed by atoms with Crippen molar-refractivity contribution < 1.29 is 9.18 Å². The summed E-state index contributed by atoms with van der Waals surface area (Å²) in [5, 5.41) is 5.94. The van der Waals surface area contributed by atoms with Crippen LogP contribution < -0.4 is 10.6 Å². The monoisotopic (exact) mass is 287 g/mol. The number of aromatic nitrogens is 1. The fourth-order valence-corrected chi connectivity index (χ4v) is 1.90. The van der Waals surface area contributed by atoms with E-state index in [1.54, 1.807) is 6.07 Å². The van der Waals surface area contributed by atoms with Crippen LogP contribution in [0, 0.1) is 12.7 Å². The lowest BCUT2D eigenvalue weighted by Crippen LogP contribution is -2.13. The van der Waals surface area contributed by atoms with Gasteiger partial charge in [0.15, 0.2) is 0 Å². The van der Waals surface area contributed by atoms with Crippen LogP contribution in [0.4, 0.5) is 15.9 Å². The Labute approximate surface area is 123 Å². The van der Waals surface area contributed by atoms with Gasteiger partial charge in [-0.2, -0.15) is 0 Å². The van der Waals surface area contributed by atoms with Gasteiger partial charge < -0.3 is 10.6 Å². The molecule has 1 aromatic carbocycles. The molecule has 0 radical (unpaired) electrons. The zero-order chi connectivity index (χ0) is 15.2. The minimum absolute atomic E-state index is 0.265. The molecule has 0 fully saturated rings. The second-order valence-corrected chi connectivity index (χ2v) is 4.77. The first-order chi connectivity index (χ1) is 10.1. The zero-order valence-corrected chi connectivity index (χ0v) is 12.1. The maximum atomic E-state index is 12.8.